The van der Waals surface area contributed by atoms with Crippen molar-refractivity contribution < 1.29 is 10.2 Å². The first kappa shape index (κ1) is 18.5. The van der Waals surface area contributed by atoms with Gasteiger partial charge in [-0.15, -0.1) is 0 Å². The molecule has 0 fully saturated rings. The lowest BCUT2D eigenvalue weighted by molar-refractivity contribution is 0.362. The Morgan fingerprint density at radius 2 is 1.81 bits per heavy atom. The van der Waals surface area contributed by atoms with Crippen molar-refractivity contribution in [3.8, 4) is 11.5 Å². The van der Waals surface area contributed by atoms with Gasteiger partial charge in [0.1, 0.15) is 0 Å². The van der Waals surface area contributed by atoms with Gasteiger partial charge in [-0.1, -0.05) is 51.1 Å². The van der Waals surface area contributed by atoms with Gasteiger partial charge in [-0.25, -0.2) is 0 Å². The summed E-state index contributed by atoms with van der Waals surface area (Å²) >= 11 is 5.55. The van der Waals surface area contributed by atoms with E-state index in [4.69, 9.17) is 12.2 Å². The molecule has 0 aromatic heterocycles. The van der Waals surface area contributed by atoms with Crippen molar-refractivity contribution >= 4 is 17.3 Å². The van der Waals surface area contributed by atoms with E-state index >= 15 is 0 Å². The lowest BCUT2D eigenvalue weighted by Crippen LogP contribution is -2.42. The Bertz CT molecular complexity index is 810. The van der Waals surface area contributed by atoms with Gasteiger partial charge in [-0.05, 0) is 46.8 Å². The van der Waals surface area contributed by atoms with Crippen molar-refractivity contribution in [1.29, 1.82) is 0 Å². The molecule has 0 atom stereocenters. The molecule has 0 amide bonds. The molecule has 0 spiro atoms. The molecule has 3 rings (SSSR count). The van der Waals surface area contributed by atoms with Crippen LogP contribution in [0, 0.1) is 0 Å². The largest absolute Gasteiger partial charge is 0.504 e. The second-order valence-electron chi connectivity index (χ2n) is 7.85. The minimum atomic E-state index is -0.0587. The van der Waals surface area contributed by atoms with E-state index < -0.39 is 0 Å². The molecule has 0 bridgehead atoms. The minimum Gasteiger partial charge on any atom is -0.504 e. The van der Waals surface area contributed by atoms with E-state index in [9.17, 15) is 10.2 Å². The number of benzene rings is 2. The van der Waals surface area contributed by atoms with Gasteiger partial charge < -0.3 is 20.4 Å². The van der Waals surface area contributed by atoms with Gasteiger partial charge >= 0.3 is 0 Å². The first-order valence-corrected chi connectivity index (χ1v) is 9.31. The summed E-state index contributed by atoms with van der Waals surface area (Å²) in [5.74, 6) is -0.0587. The van der Waals surface area contributed by atoms with Gasteiger partial charge in [0.05, 0.1) is 0 Å². The van der Waals surface area contributed by atoms with Gasteiger partial charge in [0, 0.05) is 25.2 Å². The van der Waals surface area contributed by atoms with Gasteiger partial charge in [0.25, 0.3) is 0 Å². The standard InChI is InChI=1S/C21H26N2O2S/c1-21(2,3)16-7-4-14(5-8-16)12-22-20(26)23-11-10-17-15(13-23)6-9-18(24)19(17)25/h4-9,24-25H,10-13H2,1-3H3,(H,22,26). The summed E-state index contributed by atoms with van der Waals surface area (Å²) < 4.78 is 0. The second kappa shape index (κ2) is 7.16. The van der Waals surface area contributed by atoms with E-state index in [1.54, 1.807) is 0 Å². The van der Waals surface area contributed by atoms with Crippen molar-refractivity contribution in [2.24, 2.45) is 0 Å². The molecule has 1 heterocycles. The number of nitrogens with one attached hydrogen (secondary N) is 1. The van der Waals surface area contributed by atoms with Crippen LogP contribution >= 0.6 is 12.2 Å². The molecule has 2 aromatic carbocycles. The first-order chi connectivity index (χ1) is 12.3. The third-order valence-electron chi connectivity index (χ3n) is 4.90. The van der Waals surface area contributed by atoms with Crippen LogP contribution < -0.4 is 5.32 Å². The van der Waals surface area contributed by atoms with Crippen molar-refractivity contribution in [1.82, 2.24) is 10.2 Å². The molecule has 2 aromatic rings. The number of fused-ring (bicyclic) bond motifs is 1. The monoisotopic (exact) mass is 370 g/mol. The zero-order valence-electron chi connectivity index (χ0n) is 15.5. The topological polar surface area (TPSA) is 55.7 Å². The number of hydrogen-bond donors (Lipinski definition) is 3. The van der Waals surface area contributed by atoms with Crippen LogP contribution in [-0.4, -0.2) is 26.8 Å². The van der Waals surface area contributed by atoms with Crippen LogP contribution in [0.25, 0.3) is 0 Å². The molecule has 26 heavy (non-hydrogen) atoms. The fraction of sp³-hybridized carbons (Fsp3) is 0.381. The summed E-state index contributed by atoms with van der Waals surface area (Å²) in [6.07, 6.45) is 0.664. The Morgan fingerprint density at radius 1 is 1.12 bits per heavy atom. The second-order valence-corrected chi connectivity index (χ2v) is 8.23. The Balaban J connectivity index is 1.60. The average Bonchev–Trinajstić information content (AvgIpc) is 2.62. The predicted molar refractivity (Wildman–Crippen MR) is 108 cm³/mol. The van der Waals surface area contributed by atoms with E-state index in [0.29, 0.717) is 24.6 Å². The van der Waals surface area contributed by atoms with Crippen LogP contribution in [0.5, 0.6) is 11.5 Å². The van der Waals surface area contributed by atoms with Crippen molar-refractivity contribution in [3.63, 3.8) is 0 Å². The number of nitrogens with zero attached hydrogens (tertiary/aromatic N) is 1. The minimum absolute atomic E-state index is 0.0000318. The molecule has 1 aliphatic heterocycles. The Kier molecular flexibility index (Phi) is 5.10. The fourth-order valence-corrected chi connectivity index (χ4v) is 3.44. The highest BCUT2D eigenvalue weighted by molar-refractivity contribution is 7.80. The van der Waals surface area contributed by atoms with Crippen molar-refractivity contribution in [2.45, 2.75) is 45.7 Å². The maximum absolute atomic E-state index is 9.98. The fourth-order valence-electron chi connectivity index (χ4n) is 3.21. The summed E-state index contributed by atoms with van der Waals surface area (Å²) in [5, 5.41) is 23.7. The summed E-state index contributed by atoms with van der Waals surface area (Å²) in [4.78, 5) is 2.09. The summed E-state index contributed by atoms with van der Waals surface area (Å²) in [5.41, 5.74) is 4.49. The predicted octanol–water partition coefficient (Wildman–Crippen LogP) is 3.83. The molecule has 0 unspecified atom stereocenters. The molecule has 0 saturated heterocycles. The summed E-state index contributed by atoms with van der Waals surface area (Å²) in [7, 11) is 0. The Morgan fingerprint density at radius 3 is 2.46 bits per heavy atom. The van der Waals surface area contributed by atoms with Gasteiger partial charge in [0.2, 0.25) is 0 Å². The first-order valence-electron chi connectivity index (χ1n) is 8.90. The molecule has 0 aliphatic carbocycles. The van der Waals surface area contributed by atoms with Crippen LogP contribution in [0.2, 0.25) is 0 Å². The van der Waals surface area contributed by atoms with Crippen molar-refractivity contribution in [3.05, 3.63) is 58.7 Å². The highest BCUT2D eigenvalue weighted by atomic mass is 32.1. The third-order valence-corrected chi connectivity index (χ3v) is 5.30. The van der Waals surface area contributed by atoms with Crippen LogP contribution in [0.4, 0.5) is 0 Å². The van der Waals surface area contributed by atoms with E-state index in [2.05, 4.69) is 55.3 Å². The van der Waals surface area contributed by atoms with E-state index in [0.717, 1.165) is 17.7 Å². The molecule has 5 heteroatoms. The van der Waals surface area contributed by atoms with E-state index in [-0.39, 0.29) is 16.9 Å². The number of aromatic hydroxyl groups is 2. The number of rotatable bonds is 2. The maximum atomic E-state index is 9.98. The summed E-state index contributed by atoms with van der Waals surface area (Å²) in [6.45, 7) is 8.67. The van der Waals surface area contributed by atoms with Crippen LogP contribution in [-0.2, 0) is 24.9 Å². The van der Waals surface area contributed by atoms with Crippen LogP contribution in [0.15, 0.2) is 36.4 Å². The number of phenols is 2. The molecular weight excluding hydrogens is 344 g/mol. The zero-order chi connectivity index (χ0) is 18.9. The van der Waals surface area contributed by atoms with Crippen LogP contribution in [0.3, 0.4) is 0 Å². The SMILES string of the molecule is CC(C)(C)c1ccc(CNC(=S)N2CCc3c(ccc(O)c3O)C2)cc1. The maximum Gasteiger partial charge on any atom is 0.169 e. The zero-order valence-corrected chi connectivity index (χ0v) is 16.4. The average molecular weight is 371 g/mol. The lowest BCUT2D eigenvalue weighted by atomic mass is 9.87. The summed E-state index contributed by atoms with van der Waals surface area (Å²) in [6, 6.07) is 12.0. The molecule has 138 valence electrons. The van der Waals surface area contributed by atoms with Crippen LogP contribution in [0.1, 0.15) is 43.0 Å². The van der Waals surface area contributed by atoms with Gasteiger partial charge in [-0.2, -0.15) is 0 Å². The Hall–Kier alpha value is -2.27. The van der Waals surface area contributed by atoms with E-state index in [1.807, 2.05) is 6.07 Å². The smallest absolute Gasteiger partial charge is 0.169 e. The molecule has 0 saturated carbocycles. The highest BCUT2D eigenvalue weighted by Crippen LogP contribution is 2.34. The number of hydrogen-bond acceptors (Lipinski definition) is 3. The van der Waals surface area contributed by atoms with Gasteiger partial charge in [0.15, 0.2) is 16.6 Å². The van der Waals surface area contributed by atoms with Crippen molar-refractivity contribution in [2.75, 3.05) is 6.54 Å². The molecular formula is C21H26N2O2S. The normalized spacial score (nSPS) is 14.0. The quantitative estimate of drug-likeness (QED) is 0.554. The highest BCUT2D eigenvalue weighted by Gasteiger charge is 2.22. The molecule has 4 nitrogen and oxygen atoms in total. The number of thiocarbonyl (C=S) groups is 1. The third kappa shape index (κ3) is 3.93. The molecule has 1 aliphatic rings. The molecule has 3 N–H and O–H groups in total. The lowest BCUT2D eigenvalue weighted by Gasteiger charge is -2.31. The van der Waals surface area contributed by atoms with E-state index in [1.165, 1.54) is 17.2 Å². The number of phenolic OH excluding ortho intramolecular Hbond substituents is 2. The molecule has 0 radical (unpaired) electrons. The van der Waals surface area contributed by atoms with Gasteiger partial charge in [-0.3, -0.25) is 0 Å². The Labute approximate surface area is 160 Å².